The molecule has 0 bridgehead atoms. The van der Waals surface area contributed by atoms with Gasteiger partial charge in [0.2, 0.25) is 0 Å². The van der Waals surface area contributed by atoms with E-state index in [1.807, 2.05) is 0 Å². The molecule has 0 aromatic carbocycles. The van der Waals surface area contributed by atoms with Gasteiger partial charge in [-0.2, -0.15) is 0 Å². The molecule has 0 spiro atoms. The van der Waals surface area contributed by atoms with Gasteiger partial charge in [-0.05, 0) is 12.8 Å². The largest absolute Gasteiger partial charge is 1.00 e. The molecule has 0 saturated heterocycles. The molecule has 0 fully saturated rings. The van der Waals surface area contributed by atoms with Crippen molar-refractivity contribution in [3.8, 4) is 0 Å². The van der Waals surface area contributed by atoms with Gasteiger partial charge >= 0.3 is 0 Å². The first-order valence-electron chi connectivity index (χ1n) is 3.91. The molecule has 0 aromatic rings. The molecule has 0 rings (SSSR count). The van der Waals surface area contributed by atoms with E-state index in [9.17, 15) is 0 Å². The number of quaternary nitrogens is 2. The summed E-state index contributed by atoms with van der Waals surface area (Å²) in [7, 11) is 0. The van der Waals surface area contributed by atoms with Crippen LogP contribution in [-0.4, -0.2) is 13.1 Å². The maximum Gasteiger partial charge on any atom is 0.0739 e. The van der Waals surface area contributed by atoms with Gasteiger partial charge in [0, 0.05) is 0 Å². The maximum atomic E-state index is 3.68. The fourth-order valence-corrected chi connectivity index (χ4v) is 0.250. The second-order valence-corrected chi connectivity index (χ2v) is 2.06. The van der Waals surface area contributed by atoms with Gasteiger partial charge in [-0.3, -0.25) is 0 Å². The van der Waals surface area contributed by atoms with Crippen molar-refractivity contribution < 1.29 is 36.3 Å². The molecule has 0 aliphatic heterocycles. The second-order valence-electron chi connectivity index (χ2n) is 2.06. The van der Waals surface area contributed by atoms with E-state index in [0.29, 0.717) is 0 Å². The van der Waals surface area contributed by atoms with E-state index in [4.69, 9.17) is 0 Å². The first-order valence-corrected chi connectivity index (χ1v) is 3.91. The SMILES string of the molecule is CCCC[NH3+].CCC[NH3+].[Cl-].[Cl-]. The summed E-state index contributed by atoms with van der Waals surface area (Å²) in [5, 5.41) is 0. The molecule has 4 heteroatoms. The Bertz CT molecular complexity index is 33.6. The zero-order valence-corrected chi connectivity index (χ0v) is 9.22. The summed E-state index contributed by atoms with van der Waals surface area (Å²) in [4.78, 5) is 0. The molecule has 11 heavy (non-hydrogen) atoms. The molecular weight excluding hydrogens is 183 g/mol. The number of halogens is 2. The smallest absolute Gasteiger partial charge is 0.0739 e. The van der Waals surface area contributed by atoms with E-state index in [-0.39, 0.29) is 24.8 Å². The minimum atomic E-state index is 0. The van der Waals surface area contributed by atoms with Gasteiger partial charge in [0.15, 0.2) is 0 Å². The van der Waals surface area contributed by atoms with E-state index < -0.39 is 0 Å². The third-order valence-electron chi connectivity index (χ3n) is 0.957. The van der Waals surface area contributed by atoms with E-state index in [1.54, 1.807) is 0 Å². The molecule has 2 nitrogen and oxygen atoms in total. The summed E-state index contributed by atoms with van der Waals surface area (Å²) in [5.74, 6) is 0. The van der Waals surface area contributed by atoms with Gasteiger partial charge in [0.05, 0.1) is 13.1 Å². The van der Waals surface area contributed by atoms with Crippen LogP contribution in [0.3, 0.4) is 0 Å². The van der Waals surface area contributed by atoms with Crippen molar-refractivity contribution in [2.24, 2.45) is 0 Å². The Morgan fingerprint density at radius 2 is 1.18 bits per heavy atom. The average molecular weight is 205 g/mol. The third kappa shape index (κ3) is 61.9. The molecule has 0 amide bonds. The maximum absolute atomic E-state index is 3.68. The molecule has 0 saturated carbocycles. The Morgan fingerprint density at radius 1 is 0.818 bits per heavy atom. The van der Waals surface area contributed by atoms with Gasteiger partial charge in [0.1, 0.15) is 0 Å². The first-order chi connectivity index (χ1) is 4.33. The summed E-state index contributed by atoms with van der Waals surface area (Å²) in [6, 6.07) is 0. The van der Waals surface area contributed by atoms with E-state index >= 15 is 0 Å². The van der Waals surface area contributed by atoms with Crippen molar-refractivity contribution in [3.05, 3.63) is 0 Å². The van der Waals surface area contributed by atoms with Crippen LogP contribution in [0.4, 0.5) is 0 Å². The highest BCUT2D eigenvalue weighted by Gasteiger charge is 1.71. The van der Waals surface area contributed by atoms with Gasteiger partial charge in [-0.1, -0.05) is 20.3 Å². The molecule has 74 valence electrons. The van der Waals surface area contributed by atoms with Crippen LogP contribution >= 0.6 is 0 Å². The van der Waals surface area contributed by atoms with Crippen LogP contribution in [0, 0.1) is 0 Å². The van der Waals surface area contributed by atoms with Crippen molar-refractivity contribution in [1.29, 1.82) is 0 Å². The van der Waals surface area contributed by atoms with Crippen LogP contribution in [0.2, 0.25) is 0 Å². The highest BCUT2D eigenvalue weighted by Crippen LogP contribution is 1.75. The highest BCUT2D eigenvalue weighted by atomic mass is 35.5. The lowest BCUT2D eigenvalue weighted by atomic mass is 10.3. The van der Waals surface area contributed by atoms with Gasteiger partial charge < -0.3 is 36.3 Å². The van der Waals surface area contributed by atoms with Crippen LogP contribution in [0.15, 0.2) is 0 Å². The Labute approximate surface area is 82.9 Å². The summed E-state index contributed by atoms with van der Waals surface area (Å²) in [5.41, 5.74) is 7.28. The van der Waals surface area contributed by atoms with Crippen molar-refractivity contribution in [2.45, 2.75) is 33.1 Å². The molecule has 0 atom stereocenters. The van der Waals surface area contributed by atoms with Crippen LogP contribution in [0.1, 0.15) is 33.1 Å². The van der Waals surface area contributed by atoms with E-state index in [0.717, 1.165) is 13.1 Å². The summed E-state index contributed by atoms with van der Waals surface area (Å²) in [6.45, 7) is 6.45. The lowest BCUT2D eigenvalue weighted by molar-refractivity contribution is -0.368. The Kier molecular flexibility index (Phi) is 64.2. The molecule has 0 heterocycles. The molecule has 0 aromatic heterocycles. The van der Waals surface area contributed by atoms with Crippen LogP contribution in [-0.2, 0) is 0 Å². The van der Waals surface area contributed by atoms with Gasteiger partial charge in [-0.15, -0.1) is 0 Å². The monoisotopic (exact) mass is 204 g/mol. The molecule has 0 radical (unpaired) electrons. The zero-order chi connectivity index (χ0) is 7.54. The Hall–Kier alpha value is 0.500. The van der Waals surface area contributed by atoms with Crippen molar-refractivity contribution in [1.82, 2.24) is 0 Å². The number of hydrogen-bond donors (Lipinski definition) is 2. The topological polar surface area (TPSA) is 55.3 Å². The lowest BCUT2D eigenvalue weighted by Gasteiger charge is -1.77. The van der Waals surface area contributed by atoms with Crippen LogP contribution < -0.4 is 36.3 Å². The average Bonchev–Trinajstić information content (AvgIpc) is 1.91. The quantitative estimate of drug-likeness (QED) is 0.460. The predicted octanol–water partition coefficient (Wildman–Crippen LogP) is -6.33. The third-order valence-corrected chi connectivity index (χ3v) is 0.957. The van der Waals surface area contributed by atoms with Crippen LogP contribution in [0.25, 0.3) is 0 Å². The Balaban J connectivity index is -0.0000000383. The van der Waals surface area contributed by atoms with Crippen molar-refractivity contribution >= 4 is 0 Å². The zero-order valence-electron chi connectivity index (χ0n) is 7.71. The minimum Gasteiger partial charge on any atom is -1.00 e. The lowest BCUT2D eigenvalue weighted by Crippen LogP contribution is -3.00. The molecule has 0 aliphatic carbocycles. The van der Waals surface area contributed by atoms with Crippen molar-refractivity contribution in [2.75, 3.05) is 13.1 Å². The normalized spacial score (nSPS) is 6.55. The molecular formula is C7H22Cl2N2. The molecule has 6 N–H and O–H groups in total. The number of rotatable bonds is 3. The van der Waals surface area contributed by atoms with E-state index in [2.05, 4.69) is 25.3 Å². The summed E-state index contributed by atoms with van der Waals surface area (Å²) < 4.78 is 0. The first kappa shape index (κ1) is 22.5. The summed E-state index contributed by atoms with van der Waals surface area (Å²) in [6.07, 6.45) is 3.77. The standard InChI is InChI=1S/C4H11N.C3H9N.2ClH/c1-2-3-4-5;1-2-3-4;;/h2-5H2,1H3;2-4H2,1H3;2*1H. The predicted molar refractivity (Wildman–Crippen MR) is 40.7 cm³/mol. The molecule has 0 unspecified atom stereocenters. The molecule has 0 aliphatic rings. The number of unbranched alkanes of at least 4 members (excludes halogenated alkanes) is 1. The number of hydrogen-bond acceptors (Lipinski definition) is 0. The van der Waals surface area contributed by atoms with Gasteiger partial charge in [-0.25, -0.2) is 0 Å². The minimum absolute atomic E-state index is 0. The van der Waals surface area contributed by atoms with Gasteiger partial charge in [0.25, 0.3) is 0 Å². The Morgan fingerprint density at radius 3 is 1.18 bits per heavy atom. The highest BCUT2D eigenvalue weighted by molar-refractivity contribution is 4.21. The van der Waals surface area contributed by atoms with Crippen LogP contribution in [0.5, 0.6) is 0 Å². The fourth-order valence-electron chi connectivity index (χ4n) is 0.250. The second kappa shape index (κ2) is 31.3. The fraction of sp³-hybridized carbons (Fsp3) is 1.00. The van der Waals surface area contributed by atoms with E-state index in [1.165, 1.54) is 19.3 Å². The summed E-state index contributed by atoms with van der Waals surface area (Å²) >= 11 is 0. The van der Waals surface area contributed by atoms with Crippen molar-refractivity contribution in [3.63, 3.8) is 0 Å².